The highest BCUT2D eigenvalue weighted by atomic mass is 35.5. The van der Waals surface area contributed by atoms with Gasteiger partial charge in [-0.15, -0.1) is 0 Å². The summed E-state index contributed by atoms with van der Waals surface area (Å²) in [5.74, 6) is 0.489. The largest absolute Gasteiger partial charge is 0.490 e. The second-order valence-corrected chi connectivity index (χ2v) is 15.4. The molecule has 0 aromatic heterocycles. The van der Waals surface area contributed by atoms with Crippen LogP contribution in [0.25, 0.3) is 0 Å². The first-order chi connectivity index (χ1) is 19.6. The average Bonchev–Trinajstić information content (AvgIpc) is 3.06. The van der Waals surface area contributed by atoms with E-state index < -0.39 is 27.3 Å². The number of ether oxygens (including phenoxy) is 1. The Morgan fingerprint density at radius 1 is 1.07 bits per heavy atom. The summed E-state index contributed by atoms with van der Waals surface area (Å²) < 4.78 is 35.2. The Morgan fingerprint density at radius 2 is 1.90 bits per heavy atom. The van der Waals surface area contributed by atoms with Gasteiger partial charge in [0.2, 0.25) is 10.0 Å². The Labute approximate surface area is 248 Å². The molecule has 1 amide bonds. The highest BCUT2D eigenvalue weighted by Gasteiger charge is 2.44. The molecule has 2 aromatic carbocycles. The maximum atomic E-state index is 13.3. The number of nitrogens with zero attached hydrogens (tertiary/aromatic N) is 1. The number of aryl methyl sites for hydroxylation is 1. The molecule has 6 atom stereocenters. The number of hydrogen-bond acceptors (Lipinski definition) is 6. The van der Waals surface area contributed by atoms with Crippen molar-refractivity contribution in [3.05, 3.63) is 58.1 Å². The van der Waals surface area contributed by atoms with Crippen molar-refractivity contribution >= 4 is 33.2 Å². The Balaban J connectivity index is 1.41. The van der Waals surface area contributed by atoms with Crippen LogP contribution in [0.15, 0.2) is 36.4 Å². The predicted octanol–water partition coefficient (Wildman–Crippen LogP) is 5.47. The molecule has 7 nitrogen and oxygen atoms in total. The number of benzene rings is 2. The Bertz CT molecular complexity index is 1430. The fourth-order valence-corrected chi connectivity index (χ4v) is 9.06. The number of anilines is 1. The molecule has 9 heteroatoms. The molecule has 6 rings (SSSR count). The first kappa shape index (κ1) is 28.8. The molecule has 0 radical (unpaired) electrons. The Morgan fingerprint density at radius 3 is 2.68 bits per heavy atom. The zero-order valence-electron chi connectivity index (χ0n) is 23.9. The number of sulfonamides is 1. The number of rotatable bonds is 0. The molecule has 0 saturated heterocycles. The SMILES string of the molecule is C[C@@H]1[C@@H](C)CCC[C@H](O)[C@@H]2CC[C@H]2CN2C[C@@]3(CCCc4cc(Cl)ccc43)COc3ccc(cc32)C(=O)NS1(=O)=O. The molecule has 2 heterocycles. The van der Waals surface area contributed by atoms with Crippen LogP contribution in [0.3, 0.4) is 0 Å². The van der Waals surface area contributed by atoms with E-state index in [0.717, 1.165) is 55.8 Å². The molecule has 1 saturated carbocycles. The van der Waals surface area contributed by atoms with Crippen LogP contribution in [-0.2, 0) is 21.9 Å². The van der Waals surface area contributed by atoms with Crippen molar-refractivity contribution in [3.8, 4) is 5.75 Å². The summed E-state index contributed by atoms with van der Waals surface area (Å²) in [6.07, 6.45) is 6.74. The van der Waals surface area contributed by atoms with Crippen LogP contribution in [-0.4, -0.2) is 50.5 Å². The van der Waals surface area contributed by atoms with Crippen LogP contribution in [0.1, 0.15) is 80.3 Å². The number of aliphatic hydroxyl groups is 1. The molecule has 2 bridgehead atoms. The minimum Gasteiger partial charge on any atom is -0.490 e. The first-order valence-corrected chi connectivity index (χ1v) is 17.0. The number of nitrogens with one attached hydrogen (secondary N) is 1. The lowest BCUT2D eigenvalue weighted by atomic mass is 9.68. The Hall–Kier alpha value is -2.29. The van der Waals surface area contributed by atoms with Crippen molar-refractivity contribution in [2.75, 3.05) is 24.6 Å². The normalized spacial score (nSPS) is 33.4. The number of amides is 1. The summed E-state index contributed by atoms with van der Waals surface area (Å²) in [6, 6.07) is 11.4. The highest BCUT2D eigenvalue weighted by Crippen LogP contribution is 2.47. The van der Waals surface area contributed by atoms with Gasteiger partial charge in [0.25, 0.3) is 5.91 Å². The van der Waals surface area contributed by atoms with Crippen molar-refractivity contribution in [1.82, 2.24) is 4.72 Å². The third kappa shape index (κ3) is 5.48. The Kier molecular flexibility index (Phi) is 7.79. The van der Waals surface area contributed by atoms with Gasteiger partial charge in [0.1, 0.15) is 5.75 Å². The molecule has 222 valence electrons. The zero-order valence-corrected chi connectivity index (χ0v) is 25.5. The summed E-state index contributed by atoms with van der Waals surface area (Å²) in [5, 5.41) is 11.2. The van der Waals surface area contributed by atoms with Gasteiger partial charge in [0.15, 0.2) is 0 Å². The second-order valence-electron chi connectivity index (χ2n) is 12.9. The molecule has 4 aliphatic rings. The van der Waals surface area contributed by atoms with Crippen LogP contribution in [0.5, 0.6) is 5.75 Å². The van der Waals surface area contributed by atoms with Crippen molar-refractivity contribution < 1.29 is 23.1 Å². The molecule has 1 fully saturated rings. The van der Waals surface area contributed by atoms with E-state index >= 15 is 0 Å². The molecule has 1 spiro atoms. The van der Waals surface area contributed by atoms with Gasteiger partial charge in [-0.1, -0.05) is 31.0 Å². The first-order valence-electron chi connectivity index (χ1n) is 15.1. The van der Waals surface area contributed by atoms with Crippen LogP contribution in [0.4, 0.5) is 5.69 Å². The van der Waals surface area contributed by atoms with Gasteiger partial charge in [-0.05, 0) is 111 Å². The molecule has 2 aliphatic carbocycles. The van der Waals surface area contributed by atoms with E-state index in [1.165, 1.54) is 11.1 Å². The molecule has 0 unspecified atom stereocenters. The third-order valence-corrected chi connectivity index (χ3v) is 12.6. The topological polar surface area (TPSA) is 95.9 Å². The smallest absolute Gasteiger partial charge is 0.264 e. The fraction of sp³-hybridized carbons (Fsp3) is 0.594. The summed E-state index contributed by atoms with van der Waals surface area (Å²) in [5.41, 5.74) is 3.39. The highest BCUT2D eigenvalue weighted by molar-refractivity contribution is 7.90. The van der Waals surface area contributed by atoms with E-state index in [1.54, 1.807) is 25.1 Å². The maximum absolute atomic E-state index is 13.3. The van der Waals surface area contributed by atoms with E-state index in [1.807, 2.05) is 13.0 Å². The van der Waals surface area contributed by atoms with Crippen molar-refractivity contribution in [1.29, 1.82) is 0 Å². The summed E-state index contributed by atoms with van der Waals surface area (Å²) >= 11 is 6.38. The van der Waals surface area contributed by atoms with Gasteiger partial charge < -0.3 is 14.7 Å². The van der Waals surface area contributed by atoms with E-state index in [-0.39, 0.29) is 17.3 Å². The van der Waals surface area contributed by atoms with Gasteiger partial charge in [-0.2, -0.15) is 0 Å². The summed E-state index contributed by atoms with van der Waals surface area (Å²) in [4.78, 5) is 15.7. The van der Waals surface area contributed by atoms with Crippen LogP contribution in [0.2, 0.25) is 5.02 Å². The number of aliphatic hydroxyl groups excluding tert-OH is 1. The molecule has 2 aliphatic heterocycles. The monoisotopic (exact) mass is 600 g/mol. The number of carbonyl (C=O) groups excluding carboxylic acids is 1. The van der Waals surface area contributed by atoms with E-state index in [2.05, 4.69) is 21.8 Å². The van der Waals surface area contributed by atoms with Gasteiger partial charge in [-0.25, -0.2) is 13.1 Å². The lowest BCUT2D eigenvalue weighted by Gasteiger charge is -2.46. The molecule has 41 heavy (non-hydrogen) atoms. The number of fused-ring (bicyclic) bond motifs is 4. The quantitative estimate of drug-likeness (QED) is 0.416. The summed E-state index contributed by atoms with van der Waals surface area (Å²) in [6.45, 7) is 5.53. The predicted molar refractivity (Wildman–Crippen MR) is 161 cm³/mol. The number of halogens is 1. The lowest BCUT2D eigenvalue weighted by molar-refractivity contribution is 0.00857. The minimum atomic E-state index is -3.88. The fourth-order valence-electron chi connectivity index (χ4n) is 7.55. The van der Waals surface area contributed by atoms with Crippen LogP contribution < -0.4 is 14.4 Å². The molecule has 2 aromatic rings. The number of hydrogen-bond donors (Lipinski definition) is 2. The molecular formula is C32H41ClN2O5S. The van der Waals surface area contributed by atoms with Crippen molar-refractivity contribution in [2.45, 2.75) is 82.0 Å². The van der Waals surface area contributed by atoms with E-state index in [0.29, 0.717) is 43.2 Å². The van der Waals surface area contributed by atoms with E-state index in [9.17, 15) is 18.3 Å². The summed E-state index contributed by atoms with van der Waals surface area (Å²) in [7, 11) is -3.88. The minimum absolute atomic E-state index is 0.141. The van der Waals surface area contributed by atoms with Gasteiger partial charge in [-0.3, -0.25) is 4.79 Å². The van der Waals surface area contributed by atoms with Gasteiger partial charge in [0.05, 0.1) is 23.6 Å². The van der Waals surface area contributed by atoms with Gasteiger partial charge in [0, 0.05) is 29.1 Å². The lowest BCUT2D eigenvalue weighted by Crippen LogP contribution is -2.49. The van der Waals surface area contributed by atoms with Gasteiger partial charge >= 0.3 is 0 Å². The van der Waals surface area contributed by atoms with E-state index in [4.69, 9.17) is 16.3 Å². The second kappa shape index (κ2) is 11.1. The molecular weight excluding hydrogens is 560 g/mol. The maximum Gasteiger partial charge on any atom is 0.264 e. The number of carbonyl (C=O) groups is 1. The van der Waals surface area contributed by atoms with Crippen LogP contribution in [0, 0.1) is 17.8 Å². The van der Waals surface area contributed by atoms with Crippen LogP contribution >= 0.6 is 11.6 Å². The zero-order chi connectivity index (χ0) is 28.9. The molecule has 2 N–H and O–H groups in total. The third-order valence-electron chi connectivity index (χ3n) is 10.4. The standard InChI is InChI=1S/C32H41ClN2O5S/c1-20-5-3-7-29(36)26-11-8-24(26)17-35-18-32(14-4-6-22-15-25(33)10-12-27(22)32)19-40-30-13-9-23(16-28(30)35)31(37)34-41(38,39)21(20)2/h9-10,12-13,15-16,20-21,24,26,29,36H,3-8,11,14,17-19H2,1-2H3,(H,34,37)/t20-,21+,24-,26+,29-,32-/m0/s1. The van der Waals surface area contributed by atoms with Crippen molar-refractivity contribution in [2.24, 2.45) is 17.8 Å². The van der Waals surface area contributed by atoms with Crippen molar-refractivity contribution in [3.63, 3.8) is 0 Å². The average molecular weight is 601 g/mol.